The molecule has 24 heavy (non-hydrogen) atoms. The summed E-state index contributed by atoms with van der Waals surface area (Å²) in [5.41, 5.74) is 0.251. The summed E-state index contributed by atoms with van der Waals surface area (Å²) >= 11 is 17.8. The number of anilines is 2. The molecule has 0 fully saturated rings. The van der Waals surface area contributed by atoms with Crippen LogP contribution in [0.3, 0.4) is 0 Å². The monoisotopic (exact) mass is 390 g/mol. The average molecular weight is 392 g/mol. The molecular weight excluding hydrogens is 379 g/mol. The van der Waals surface area contributed by atoms with Gasteiger partial charge in [0, 0.05) is 19.1 Å². The van der Waals surface area contributed by atoms with Gasteiger partial charge in [-0.1, -0.05) is 34.8 Å². The molecule has 0 unspecified atom stereocenters. The van der Waals surface area contributed by atoms with E-state index in [0.717, 1.165) is 4.80 Å². The van der Waals surface area contributed by atoms with Crippen molar-refractivity contribution in [3.8, 4) is 0 Å². The van der Waals surface area contributed by atoms with E-state index < -0.39 is 5.91 Å². The van der Waals surface area contributed by atoms with Crippen LogP contribution in [0.4, 0.5) is 16.3 Å². The van der Waals surface area contributed by atoms with Crippen molar-refractivity contribution in [1.82, 2.24) is 19.9 Å². The number of carbonyl (C=O) groups is 2. The van der Waals surface area contributed by atoms with Crippen molar-refractivity contribution < 1.29 is 9.59 Å². The summed E-state index contributed by atoms with van der Waals surface area (Å²) in [6.07, 6.45) is 1.33. The molecule has 2 N–H and O–H groups in total. The molecule has 1 aromatic heterocycles. The van der Waals surface area contributed by atoms with E-state index in [2.05, 4.69) is 20.8 Å². The van der Waals surface area contributed by atoms with Crippen molar-refractivity contribution in [2.45, 2.75) is 6.54 Å². The van der Waals surface area contributed by atoms with Crippen molar-refractivity contribution in [2.24, 2.45) is 0 Å². The Balaban J connectivity index is 2.01. The topological polar surface area (TPSA) is 92.2 Å². The van der Waals surface area contributed by atoms with Crippen molar-refractivity contribution in [2.75, 3.05) is 24.7 Å². The fourth-order valence-corrected chi connectivity index (χ4v) is 2.53. The van der Waals surface area contributed by atoms with Gasteiger partial charge in [0.1, 0.15) is 6.54 Å². The lowest BCUT2D eigenvalue weighted by Crippen LogP contribution is -2.27. The lowest BCUT2D eigenvalue weighted by atomic mass is 10.3. The molecule has 0 bridgehead atoms. The number of rotatable bonds is 4. The fourth-order valence-electron chi connectivity index (χ4n) is 1.62. The number of carbonyl (C=O) groups excluding carboxylic acids is 2. The first-order chi connectivity index (χ1) is 11.3. The highest BCUT2D eigenvalue weighted by molar-refractivity contribution is 6.42. The molecular formula is C13H13Cl3N6O2. The van der Waals surface area contributed by atoms with Crippen LogP contribution in [0.2, 0.25) is 15.1 Å². The highest BCUT2D eigenvalue weighted by atomic mass is 35.5. The number of aromatic nitrogens is 3. The molecule has 1 aromatic carbocycles. The van der Waals surface area contributed by atoms with E-state index >= 15 is 0 Å². The molecule has 2 rings (SSSR count). The van der Waals surface area contributed by atoms with Crippen LogP contribution >= 0.6 is 34.8 Å². The van der Waals surface area contributed by atoms with Crippen LogP contribution in [0.1, 0.15) is 0 Å². The van der Waals surface area contributed by atoms with Crippen LogP contribution in [-0.4, -0.2) is 45.9 Å². The largest absolute Gasteiger partial charge is 0.331 e. The predicted octanol–water partition coefficient (Wildman–Crippen LogP) is 2.97. The first-order valence-corrected chi connectivity index (χ1v) is 7.72. The third-order valence-corrected chi connectivity index (χ3v) is 3.55. The standard InChI is InChI=1S/C13H13Cl3N6O2/c1-21(2)13(24)18-10-5-17-22(20-10)6-11(23)19-12-8(15)3-7(14)4-9(12)16/h3-5H,6H2,1-2H3,(H,19,23)(H,18,20,24). The minimum absolute atomic E-state index is 0.187. The van der Waals surface area contributed by atoms with Gasteiger partial charge in [-0.05, 0) is 12.1 Å². The maximum atomic E-state index is 12.1. The van der Waals surface area contributed by atoms with Crippen molar-refractivity contribution in [1.29, 1.82) is 0 Å². The number of nitrogens with zero attached hydrogens (tertiary/aromatic N) is 4. The molecule has 0 saturated heterocycles. The van der Waals surface area contributed by atoms with Gasteiger partial charge >= 0.3 is 6.03 Å². The van der Waals surface area contributed by atoms with Crippen molar-refractivity contribution in [3.63, 3.8) is 0 Å². The highest BCUT2D eigenvalue weighted by Crippen LogP contribution is 2.33. The maximum Gasteiger partial charge on any atom is 0.322 e. The van der Waals surface area contributed by atoms with Crippen LogP contribution in [0.25, 0.3) is 0 Å². The molecule has 0 saturated carbocycles. The lowest BCUT2D eigenvalue weighted by Gasteiger charge is -2.10. The zero-order valence-electron chi connectivity index (χ0n) is 12.7. The van der Waals surface area contributed by atoms with E-state index in [1.54, 1.807) is 14.1 Å². The minimum Gasteiger partial charge on any atom is -0.331 e. The van der Waals surface area contributed by atoms with Crippen LogP contribution in [0, 0.1) is 0 Å². The molecule has 0 aliphatic carbocycles. The Kier molecular flexibility index (Phi) is 5.87. The smallest absolute Gasteiger partial charge is 0.322 e. The third-order valence-electron chi connectivity index (χ3n) is 2.73. The van der Waals surface area contributed by atoms with Crippen molar-refractivity contribution >= 4 is 58.2 Å². The van der Waals surface area contributed by atoms with Gasteiger partial charge in [0.15, 0.2) is 5.82 Å². The van der Waals surface area contributed by atoms with Gasteiger partial charge in [0.2, 0.25) is 5.91 Å². The molecule has 11 heteroatoms. The molecule has 0 atom stereocenters. The molecule has 0 spiro atoms. The molecule has 0 radical (unpaired) electrons. The second-order valence-electron chi connectivity index (χ2n) is 4.88. The Morgan fingerprint density at radius 1 is 1.17 bits per heavy atom. The number of benzene rings is 1. The predicted molar refractivity (Wildman–Crippen MR) is 92.8 cm³/mol. The van der Waals surface area contributed by atoms with E-state index in [4.69, 9.17) is 34.8 Å². The summed E-state index contributed by atoms with van der Waals surface area (Å²) in [4.78, 5) is 26.0. The maximum absolute atomic E-state index is 12.1. The highest BCUT2D eigenvalue weighted by Gasteiger charge is 2.13. The normalized spacial score (nSPS) is 10.4. The van der Waals surface area contributed by atoms with Gasteiger partial charge in [0.05, 0.1) is 21.9 Å². The van der Waals surface area contributed by atoms with E-state index in [0.29, 0.717) is 5.02 Å². The van der Waals surface area contributed by atoms with Gasteiger partial charge in [0.25, 0.3) is 0 Å². The number of amides is 3. The van der Waals surface area contributed by atoms with Gasteiger partial charge in [-0.15, -0.1) is 5.10 Å². The second kappa shape index (κ2) is 7.69. The Morgan fingerprint density at radius 2 is 1.79 bits per heavy atom. The van der Waals surface area contributed by atoms with E-state index in [-0.39, 0.29) is 34.1 Å². The van der Waals surface area contributed by atoms with E-state index in [1.165, 1.54) is 23.2 Å². The average Bonchev–Trinajstić information content (AvgIpc) is 2.89. The number of nitrogens with one attached hydrogen (secondary N) is 2. The Morgan fingerprint density at radius 3 is 2.38 bits per heavy atom. The number of hydrogen-bond acceptors (Lipinski definition) is 4. The summed E-state index contributed by atoms with van der Waals surface area (Å²) in [6, 6.07) is 2.57. The zero-order chi connectivity index (χ0) is 17.9. The van der Waals surface area contributed by atoms with E-state index in [1.807, 2.05) is 0 Å². The molecule has 0 aliphatic heterocycles. The molecule has 128 valence electrons. The molecule has 0 aliphatic rings. The Hall–Kier alpha value is -2.03. The van der Waals surface area contributed by atoms with Crippen LogP contribution in [0.5, 0.6) is 0 Å². The Labute approximate surface area is 152 Å². The first-order valence-electron chi connectivity index (χ1n) is 6.59. The fraction of sp³-hybridized carbons (Fsp3) is 0.231. The first kappa shape index (κ1) is 18.3. The third kappa shape index (κ3) is 4.73. The zero-order valence-corrected chi connectivity index (χ0v) is 14.9. The SMILES string of the molecule is CN(C)C(=O)Nc1cnn(CC(=O)Nc2c(Cl)cc(Cl)cc2Cl)n1. The molecule has 8 nitrogen and oxygen atoms in total. The molecule has 3 amide bonds. The van der Waals surface area contributed by atoms with Crippen LogP contribution in [0.15, 0.2) is 18.3 Å². The number of hydrogen-bond donors (Lipinski definition) is 2. The second-order valence-corrected chi connectivity index (χ2v) is 6.13. The summed E-state index contributed by atoms with van der Waals surface area (Å²) < 4.78 is 0. The van der Waals surface area contributed by atoms with E-state index in [9.17, 15) is 9.59 Å². The Bertz CT molecular complexity index is 754. The number of halogens is 3. The van der Waals surface area contributed by atoms with Gasteiger partial charge in [-0.25, -0.2) is 4.79 Å². The molecule has 2 aromatic rings. The van der Waals surface area contributed by atoms with Crippen LogP contribution in [-0.2, 0) is 11.3 Å². The summed E-state index contributed by atoms with van der Waals surface area (Å²) in [6.45, 7) is -0.187. The van der Waals surface area contributed by atoms with Gasteiger partial charge < -0.3 is 10.2 Å². The van der Waals surface area contributed by atoms with Gasteiger partial charge in [-0.2, -0.15) is 9.90 Å². The van der Waals surface area contributed by atoms with Gasteiger partial charge in [-0.3, -0.25) is 10.1 Å². The summed E-state index contributed by atoms with van der Waals surface area (Å²) in [5, 5.41) is 13.7. The van der Waals surface area contributed by atoms with Crippen LogP contribution < -0.4 is 10.6 Å². The number of urea groups is 1. The summed E-state index contributed by atoms with van der Waals surface area (Å²) in [7, 11) is 3.18. The minimum atomic E-state index is -0.442. The quantitative estimate of drug-likeness (QED) is 0.838. The lowest BCUT2D eigenvalue weighted by molar-refractivity contribution is -0.117. The summed E-state index contributed by atoms with van der Waals surface area (Å²) in [5.74, 6) is -0.216. The van der Waals surface area contributed by atoms with Crippen molar-refractivity contribution in [3.05, 3.63) is 33.4 Å². The molecule has 1 heterocycles.